The van der Waals surface area contributed by atoms with Gasteiger partial charge in [0, 0.05) is 67.5 Å². The average Bonchev–Trinajstić information content (AvgIpc) is 3.05. The Kier molecular flexibility index (Phi) is 8.25. The van der Waals surface area contributed by atoms with Gasteiger partial charge in [-0.2, -0.15) is 4.39 Å². The van der Waals surface area contributed by atoms with Crippen LogP contribution in [-0.2, 0) is 4.74 Å². The van der Waals surface area contributed by atoms with Crippen molar-refractivity contribution in [3.05, 3.63) is 90.4 Å². The van der Waals surface area contributed by atoms with E-state index < -0.39 is 17.8 Å². The van der Waals surface area contributed by atoms with Gasteiger partial charge in [0.1, 0.15) is 11.3 Å². The number of carbonyl (C=O) groups is 2. The van der Waals surface area contributed by atoms with E-state index in [9.17, 15) is 14.0 Å². The van der Waals surface area contributed by atoms with Crippen molar-refractivity contribution in [1.82, 2.24) is 24.8 Å². The molecular formula is C32H28F2N8O3. The number of nitrogens with zero attached hydrogens (tertiary/aromatic N) is 6. The Morgan fingerprint density at radius 3 is 2.40 bits per heavy atom. The standard InChI is InChI=1S/C32H28F2N8O3/c1-41(2)31(43)19-5-8-22(9-6-19)37-32(44)39-25-10-7-20(16-24(25)33)29-38-26-17-21(23-4-3-11-35-28(23)34)18-36-27(26)30(40-29)42-12-14-45-15-13-42/h3-11,16-18H,12-15H2,1-2H3,(H2,37,39,44). The maximum absolute atomic E-state index is 15.3. The van der Waals surface area contributed by atoms with Crippen molar-refractivity contribution in [3.8, 4) is 22.5 Å². The lowest BCUT2D eigenvalue weighted by molar-refractivity contribution is 0.0827. The van der Waals surface area contributed by atoms with Crippen molar-refractivity contribution in [2.24, 2.45) is 0 Å². The Morgan fingerprint density at radius 2 is 1.69 bits per heavy atom. The first-order valence-corrected chi connectivity index (χ1v) is 14.1. The van der Waals surface area contributed by atoms with Gasteiger partial charge in [0.25, 0.3) is 5.91 Å². The molecule has 0 radical (unpaired) electrons. The third kappa shape index (κ3) is 6.38. The number of aromatic nitrogens is 4. The van der Waals surface area contributed by atoms with Crippen LogP contribution in [0.4, 0.5) is 30.8 Å². The predicted molar refractivity (Wildman–Crippen MR) is 166 cm³/mol. The molecule has 4 heterocycles. The van der Waals surface area contributed by atoms with Crippen molar-refractivity contribution in [2.45, 2.75) is 0 Å². The van der Waals surface area contributed by atoms with Gasteiger partial charge in [-0.05, 0) is 60.7 Å². The fraction of sp³-hybridized carbons (Fsp3) is 0.188. The summed E-state index contributed by atoms with van der Waals surface area (Å²) in [6.07, 6.45) is 2.92. The normalized spacial score (nSPS) is 13.0. The Hall–Kier alpha value is -5.56. The first kappa shape index (κ1) is 29.5. The summed E-state index contributed by atoms with van der Waals surface area (Å²) >= 11 is 0. The molecule has 0 unspecified atom stereocenters. The number of ether oxygens (including phenoxy) is 1. The number of halogens is 2. The molecule has 2 N–H and O–H groups in total. The lowest BCUT2D eigenvalue weighted by Gasteiger charge is -2.28. The quantitative estimate of drug-likeness (QED) is 0.251. The highest BCUT2D eigenvalue weighted by Crippen LogP contribution is 2.31. The molecule has 0 bridgehead atoms. The van der Waals surface area contributed by atoms with Crippen LogP contribution in [0.1, 0.15) is 10.4 Å². The van der Waals surface area contributed by atoms with E-state index in [1.165, 1.54) is 23.2 Å². The van der Waals surface area contributed by atoms with Crippen molar-refractivity contribution in [2.75, 3.05) is 55.9 Å². The van der Waals surface area contributed by atoms with Gasteiger partial charge in [-0.25, -0.2) is 24.1 Å². The maximum Gasteiger partial charge on any atom is 0.323 e. The number of urea groups is 1. The number of hydrogen-bond donors (Lipinski definition) is 2. The first-order valence-electron chi connectivity index (χ1n) is 14.1. The third-order valence-electron chi connectivity index (χ3n) is 7.17. The van der Waals surface area contributed by atoms with Gasteiger partial charge < -0.3 is 25.2 Å². The second-order valence-electron chi connectivity index (χ2n) is 10.5. The van der Waals surface area contributed by atoms with Crippen LogP contribution in [0.25, 0.3) is 33.5 Å². The SMILES string of the molecule is CN(C)C(=O)c1ccc(NC(=O)Nc2ccc(-c3nc(N4CCOCC4)c4ncc(-c5cccnc5F)cc4n3)cc2F)cc1. The van der Waals surface area contributed by atoms with Crippen molar-refractivity contribution < 1.29 is 23.1 Å². The first-order chi connectivity index (χ1) is 21.8. The summed E-state index contributed by atoms with van der Waals surface area (Å²) in [5.41, 5.74) is 2.94. The zero-order chi connectivity index (χ0) is 31.5. The largest absolute Gasteiger partial charge is 0.378 e. The molecule has 0 spiro atoms. The zero-order valence-electron chi connectivity index (χ0n) is 24.4. The molecule has 0 atom stereocenters. The van der Waals surface area contributed by atoms with Crippen molar-refractivity contribution in [3.63, 3.8) is 0 Å². The number of pyridine rings is 2. The van der Waals surface area contributed by atoms with Gasteiger partial charge in [0.05, 0.1) is 24.4 Å². The summed E-state index contributed by atoms with van der Waals surface area (Å²) in [5, 5.41) is 5.13. The summed E-state index contributed by atoms with van der Waals surface area (Å²) in [4.78, 5) is 45.9. The average molecular weight is 611 g/mol. The fourth-order valence-electron chi connectivity index (χ4n) is 4.87. The molecule has 2 aromatic carbocycles. The van der Waals surface area contributed by atoms with Gasteiger partial charge in [-0.3, -0.25) is 9.78 Å². The van der Waals surface area contributed by atoms with Gasteiger partial charge in [0.2, 0.25) is 5.95 Å². The topological polar surface area (TPSA) is 125 Å². The third-order valence-corrected chi connectivity index (χ3v) is 7.17. The highest BCUT2D eigenvalue weighted by molar-refractivity contribution is 6.00. The lowest BCUT2D eigenvalue weighted by Crippen LogP contribution is -2.37. The summed E-state index contributed by atoms with van der Waals surface area (Å²) in [7, 11) is 3.30. The van der Waals surface area contributed by atoms with Crippen LogP contribution in [0.15, 0.2) is 73.1 Å². The van der Waals surface area contributed by atoms with Gasteiger partial charge in [-0.15, -0.1) is 0 Å². The van der Waals surface area contributed by atoms with Crippen LogP contribution in [0.2, 0.25) is 0 Å². The molecule has 13 heteroatoms. The van der Waals surface area contributed by atoms with Crippen molar-refractivity contribution >= 4 is 40.2 Å². The minimum absolute atomic E-state index is 0.0548. The van der Waals surface area contributed by atoms with Crippen LogP contribution < -0.4 is 15.5 Å². The van der Waals surface area contributed by atoms with Gasteiger partial charge >= 0.3 is 6.03 Å². The Labute approximate surface area is 256 Å². The molecule has 0 aliphatic carbocycles. The summed E-state index contributed by atoms with van der Waals surface area (Å²) in [6.45, 7) is 2.17. The molecule has 228 valence electrons. The smallest absolute Gasteiger partial charge is 0.323 e. The second-order valence-corrected chi connectivity index (χ2v) is 10.5. The maximum atomic E-state index is 15.3. The second kappa shape index (κ2) is 12.6. The molecule has 3 aromatic heterocycles. The van der Waals surface area contributed by atoms with Crippen LogP contribution in [-0.4, -0.2) is 77.2 Å². The molecule has 0 saturated carbocycles. The van der Waals surface area contributed by atoms with E-state index in [-0.39, 0.29) is 23.0 Å². The number of hydrogen-bond acceptors (Lipinski definition) is 8. The number of morpholine rings is 1. The van der Waals surface area contributed by atoms with Crippen LogP contribution in [0, 0.1) is 11.8 Å². The van der Waals surface area contributed by atoms with Crippen LogP contribution >= 0.6 is 0 Å². The molecular weight excluding hydrogens is 582 g/mol. The number of rotatable bonds is 6. The molecule has 1 aliphatic rings. The molecule has 1 saturated heterocycles. The predicted octanol–water partition coefficient (Wildman–Crippen LogP) is 5.21. The summed E-state index contributed by atoms with van der Waals surface area (Å²) < 4.78 is 35.3. The highest BCUT2D eigenvalue weighted by atomic mass is 19.1. The van der Waals surface area contributed by atoms with E-state index >= 15 is 4.39 Å². The Balaban J connectivity index is 1.28. The minimum Gasteiger partial charge on any atom is -0.378 e. The van der Waals surface area contributed by atoms with E-state index in [0.29, 0.717) is 65.5 Å². The number of benzene rings is 2. The molecule has 1 fully saturated rings. The number of amides is 3. The zero-order valence-corrected chi connectivity index (χ0v) is 24.4. The summed E-state index contributed by atoms with van der Waals surface area (Å²) in [5.74, 6) is -0.712. The number of fused-ring (bicyclic) bond motifs is 1. The molecule has 45 heavy (non-hydrogen) atoms. The minimum atomic E-state index is -0.699. The van der Waals surface area contributed by atoms with Gasteiger partial charge in [0.15, 0.2) is 11.6 Å². The fourth-order valence-corrected chi connectivity index (χ4v) is 4.87. The van der Waals surface area contributed by atoms with Crippen LogP contribution in [0.5, 0.6) is 0 Å². The number of anilines is 3. The Bertz CT molecular complexity index is 1900. The van der Waals surface area contributed by atoms with E-state index in [2.05, 4.69) is 25.6 Å². The molecule has 1 aliphatic heterocycles. The monoisotopic (exact) mass is 610 g/mol. The molecule has 6 rings (SSSR count). The number of nitrogens with one attached hydrogen (secondary N) is 2. The lowest BCUT2D eigenvalue weighted by atomic mass is 10.1. The van der Waals surface area contributed by atoms with E-state index in [0.717, 1.165) is 0 Å². The van der Waals surface area contributed by atoms with Crippen LogP contribution in [0.3, 0.4) is 0 Å². The van der Waals surface area contributed by atoms with Gasteiger partial charge in [-0.1, -0.05) is 0 Å². The number of carbonyl (C=O) groups excluding carboxylic acids is 2. The summed E-state index contributed by atoms with van der Waals surface area (Å²) in [6, 6.07) is 14.9. The van der Waals surface area contributed by atoms with E-state index in [1.807, 2.05) is 4.90 Å². The molecule has 11 nitrogen and oxygen atoms in total. The van der Waals surface area contributed by atoms with E-state index in [1.54, 1.807) is 68.8 Å². The molecule has 3 amide bonds. The van der Waals surface area contributed by atoms with Crippen molar-refractivity contribution in [1.29, 1.82) is 0 Å². The molecule has 5 aromatic rings. The highest BCUT2D eigenvalue weighted by Gasteiger charge is 2.21. The van der Waals surface area contributed by atoms with E-state index in [4.69, 9.17) is 9.72 Å². The Morgan fingerprint density at radius 1 is 0.911 bits per heavy atom.